The van der Waals surface area contributed by atoms with Gasteiger partial charge >= 0.3 is 0 Å². The van der Waals surface area contributed by atoms with Gasteiger partial charge in [0.1, 0.15) is 24.4 Å². The highest BCUT2D eigenvalue weighted by Crippen LogP contribution is 2.30. The van der Waals surface area contributed by atoms with Gasteiger partial charge in [0.15, 0.2) is 17.7 Å². The third-order valence-electron chi connectivity index (χ3n) is 17.0. The third kappa shape index (κ3) is 24.3. The quantitative estimate of drug-likeness (QED) is 0.0147. The number of hydrogen-bond donors (Lipinski definition) is 11. The van der Waals surface area contributed by atoms with E-state index >= 15 is 28.8 Å². The Morgan fingerprint density at radius 3 is 1.61 bits per heavy atom. The molecule has 101 heavy (non-hydrogen) atoms. The molecule has 14 N–H and O–H groups in total. The number of benzene rings is 3. The van der Waals surface area contributed by atoms with Gasteiger partial charge in [0, 0.05) is 68.3 Å². The predicted octanol–water partition coefficient (Wildman–Crippen LogP) is 3.85. The molecule has 3 aromatic heterocycles. The summed E-state index contributed by atoms with van der Waals surface area (Å²) >= 11 is 6.20. The number of hydrogen-bond acceptors (Lipinski definition) is 19. The number of aliphatic hydroxyl groups is 1. The molecule has 3 aromatic carbocycles. The largest absolute Gasteiger partial charge is 0.382 e. The van der Waals surface area contributed by atoms with Gasteiger partial charge < -0.3 is 64.3 Å². The standard InChI is InChI=1S/C74H95ClN14O12/c1-46(2)37-63(71(99)85-57(45-90)22-8-11-34-82-47(3)4)87-69(97)61(23-9-12-35-83-67(95)54-20-15-32-80-43-54)86-70(98)62(24-10-13-36-84-68(96)55-21-16-33-81-44-55)88-73(101)74(66(94)64(92)58(76)39-49-26-29-56(75)30-27-49,89(48(5)91)72(100)60(78)41-51-17-14-31-79-42-51)65(93)59(77)40-50-25-28-52-18-6-7-19-53(52)38-50/h6-7,14-21,25-33,38,42-47,57-63,66,82,94H,8-13,22-24,34-37,39-41,76-78H2,1-5H3,(H,83,95)(H,84,96)(H,85,99)(H,86,98)(H,87,97)(H,88,101)/t57-,58+,59+,60+,61+,62-,63-,66?,74-/m0/s1. The normalized spacial score (nSPS) is 14.3. The average molecular weight is 1410 g/mol. The number of Topliss-reactive ketones (excluding diaryl/α,β-unsaturated/α-hetero) is 2. The molecule has 26 nitrogen and oxygen atoms in total. The lowest BCUT2D eigenvalue weighted by molar-refractivity contribution is -0.174. The first-order valence-electron chi connectivity index (χ1n) is 34.1. The minimum atomic E-state index is -3.75. The van der Waals surface area contributed by atoms with Crippen LogP contribution in [0, 0.1) is 5.92 Å². The summed E-state index contributed by atoms with van der Waals surface area (Å²) < 4.78 is 0. The molecule has 0 aliphatic heterocycles. The molecule has 0 radical (unpaired) electrons. The topological polar surface area (TPSA) is 412 Å². The highest BCUT2D eigenvalue weighted by molar-refractivity contribution is 6.30. The van der Waals surface area contributed by atoms with Crippen molar-refractivity contribution < 1.29 is 57.8 Å². The van der Waals surface area contributed by atoms with E-state index in [2.05, 4.69) is 52.2 Å². The molecule has 0 saturated carbocycles. The van der Waals surface area contributed by atoms with Crippen LogP contribution in [0.25, 0.3) is 10.8 Å². The fourth-order valence-corrected chi connectivity index (χ4v) is 11.8. The summed E-state index contributed by atoms with van der Waals surface area (Å²) in [5.74, 6) is -11.4. The number of unbranched alkanes of at least 4 members (excludes halogenated alkanes) is 3. The van der Waals surface area contributed by atoms with E-state index in [1.165, 1.54) is 61.4 Å². The summed E-state index contributed by atoms with van der Waals surface area (Å²) in [6.45, 7) is 9.21. The molecule has 9 atom stereocenters. The Morgan fingerprint density at radius 2 is 1.07 bits per heavy atom. The van der Waals surface area contributed by atoms with Crippen LogP contribution in [0.15, 0.2) is 140 Å². The van der Waals surface area contributed by atoms with Crippen LogP contribution in [0.5, 0.6) is 0 Å². The molecular formula is C74H95ClN14O12. The van der Waals surface area contributed by atoms with Crippen molar-refractivity contribution in [2.45, 2.75) is 178 Å². The van der Waals surface area contributed by atoms with Gasteiger partial charge in [-0.15, -0.1) is 0 Å². The first-order valence-corrected chi connectivity index (χ1v) is 34.5. The Hall–Kier alpha value is -9.57. The van der Waals surface area contributed by atoms with Crippen molar-refractivity contribution in [2.75, 3.05) is 19.6 Å². The van der Waals surface area contributed by atoms with E-state index in [0.29, 0.717) is 59.2 Å². The van der Waals surface area contributed by atoms with Crippen molar-refractivity contribution in [3.8, 4) is 0 Å². The van der Waals surface area contributed by atoms with E-state index < -0.39 is 126 Å². The van der Waals surface area contributed by atoms with Crippen molar-refractivity contribution in [3.05, 3.63) is 173 Å². The zero-order valence-electron chi connectivity index (χ0n) is 57.8. The second-order valence-corrected chi connectivity index (χ2v) is 26.3. The molecule has 0 aliphatic carbocycles. The molecule has 3 heterocycles. The van der Waals surface area contributed by atoms with Gasteiger partial charge in [0.05, 0.1) is 35.3 Å². The highest BCUT2D eigenvalue weighted by Gasteiger charge is 2.64. The number of nitrogens with two attached hydrogens (primary N) is 3. The molecule has 6 aromatic rings. The van der Waals surface area contributed by atoms with Gasteiger partial charge in [-0.05, 0) is 166 Å². The molecular weight excluding hydrogens is 1310 g/mol. The van der Waals surface area contributed by atoms with Crippen molar-refractivity contribution in [2.24, 2.45) is 23.1 Å². The van der Waals surface area contributed by atoms with Crippen LogP contribution >= 0.6 is 11.6 Å². The maximum absolute atomic E-state index is 16.5. The van der Waals surface area contributed by atoms with E-state index in [4.69, 9.17) is 28.8 Å². The Balaban J connectivity index is 1.47. The number of amides is 8. The minimum absolute atomic E-state index is 0.00974. The monoisotopic (exact) mass is 1410 g/mol. The first-order chi connectivity index (χ1) is 48.3. The van der Waals surface area contributed by atoms with Crippen molar-refractivity contribution >= 4 is 87.5 Å². The number of carbonyl (C=O) groups is 11. The molecule has 0 fully saturated rings. The molecule has 6 rings (SSSR count). The molecule has 0 saturated heterocycles. The molecule has 0 spiro atoms. The van der Waals surface area contributed by atoms with Crippen molar-refractivity contribution in [1.82, 2.24) is 57.1 Å². The smallest absolute Gasteiger partial charge is 0.258 e. The van der Waals surface area contributed by atoms with E-state index in [-0.39, 0.29) is 92.4 Å². The number of carbonyl (C=O) groups excluding carboxylic acids is 11. The summed E-state index contributed by atoms with van der Waals surface area (Å²) in [6.07, 6.45) is 6.49. The summed E-state index contributed by atoms with van der Waals surface area (Å²) in [4.78, 5) is 174. The third-order valence-corrected chi connectivity index (χ3v) is 17.2. The number of fused-ring (bicyclic) bond motifs is 1. The van der Waals surface area contributed by atoms with Crippen LogP contribution in [0.3, 0.4) is 0 Å². The number of nitrogens with one attached hydrogen (secondary N) is 7. The second kappa shape index (κ2) is 40.6. The van der Waals surface area contributed by atoms with Gasteiger partial charge in [-0.2, -0.15) is 0 Å². The average Bonchev–Trinajstić information content (AvgIpc) is 0.731. The predicted molar refractivity (Wildman–Crippen MR) is 382 cm³/mol. The maximum atomic E-state index is 16.5. The zero-order valence-corrected chi connectivity index (χ0v) is 58.5. The van der Waals surface area contributed by atoms with Crippen LogP contribution in [0.4, 0.5) is 0 Å². The van der Waals surface area contributed by atoms with Crippen LogP contribution in [0.1, 0.15) is 136 Å². The number of halogens is 1. The Morgan fingerprint density at radius 1 is 0.554 bits per heavy atom. The van der Waals surface area contributed by atoms with Gasteiger partial charge in [0.25, 0.3) is 17.7 Å². The first kappa shape index (κ1) is 80.4. The second-order valence-electron chi connectivity index (χ2n) is 25.8. The Labute approximate surface area is 593 Å². The summed E-state index contributed by atoms with van der Waals surface area (Å²) in [5, 5.41) is 34.7. The van der Waals surface area contributed by atoms with Crippen LogP contribution in [-0.2, 0) is 62.4 Å². The minimum Gasteiger partial charge on any atom is -0.382 e. The van der Waals surface area contributed by atoms with E-state index in [9.17, 15) is 29.1 Å². The van der Waals surface area contributed by atoms with Gasteiger partial charge in [-0.1, -0.05) is 100.0 Å². The van der Waals surface area contributed by atoms with Crippen molar-refractivity contribution in [1.29, 1.82) is 0 Å². The Kier molecular flexibility index (Phi) is 32.3. The molecule has 8 amide bonds. The van der Waals surface area contributed by atoms with Crippen LogP contribution in [0.2, 0.25) is 5.02 Å². The Bertz CT molecular complexity index is 3740. The number of imide groups is 1. The van der Waals surface area contributed by atoms with Gasteiger partial charge in [-0.25, -0.2) is 0 Å². The van der Waals surface area contributed by atoms with Gasteiger partial charge in [0.2, 0.25) is 35.1 Å². The number of ketones is 2. The molecule has 0 bridgehead atoms. The van der Waals surface area contributed by atoms with Gasteiger partial charge in [-0.3, -0.25) is 67.8 Å². The van der Waals surface area contributed by atoms with E-state index in [1.54, 1.807) is 66.7 Å². The van der Waals surface area contributed by atoms with Crippen LogP contribution < -0.4 is 54.4 Å². The molecule has 27 heteroatoms. The van der Waals surface area contributed by atoms with E-state index in [0.717, 1.165) is 12.3 Å². The fourth-order valence-electron chi connectivity index (χ4n) is 11.6. The molecule has 0 aliphatic rings. The highest BCUT2D eigenvalue weighted by atomic mass is 35.5. The summed E-state index contributed by atoms with van der Waals surface area (Å²) in [5.41, 5.74) is 18.2. The van der Waals surface area contributed by atoms with Crippen LogP contribution in [-0.4, -0.2) is 170 Å². The lowest BCUT2D eigenvalue weighted by atomic mass is 9.75. The fraction of sp³-hybridized carbons (Fsp3) is 0.432. The van der Waals surface area contributed by atoms with E-state index in [1.807, 2.05) is 39.8 Å². The number of rotatable bonds is 42. The maximum Gasteiger partial charge on any atom is 0.258 e. The summed E-state index contributed by atoms with van der Waals surface area (Å²) in [6, 6.07) is 16.9. The molecule has 540 valence electrons. The number of aliphatic hydroxyl groups excluding tert-OH is 1. The number of nitrogens with zero attached hydrogens (tertiary/aromatic N) is 4. The SMILES string of the molecule is CC(=O)N(C(=O)[C@H](N)Cc1cccnc1)[C@@](C(=O)N[C@@H](CCCCNC(=O)c1cccnc1)C(=O)N[C@H](CCCCNC(=O)c1cccnc1)C(=O)N[C@@H](CC(C)C)C(=O)N[C@H](C=O)CCCCNC(C)C)(C(=O)[C@H](N)Cc1ccc2ccccc2c1)C(O)C(=O)[C@H](N)Cc1ccc(Cl)cc1. The van der Waals surface area contributed by atoms with Crippen molar-refractivity contribution in [3.63, 3.8) is 0 Å². The molecule has 1 unspecified atom stereocenters. The zero-order chi connectivity index (χ0) is 73.6. The summed E-state index contributed by atoms with van der Waals surface area (Å²) in [7, 11) is 0. The number of aldehydes is 1. The number of pyridine rings is 3. The lowest BCUT2D eigenvalue weighted by Gasteiger charge is -2.44. The lowest BCUT2D eigenvalue weighted by Crippen LogP contribution is -2.78. The number of aromatic nitrogens is 3.